The Kier molecular flexibility index (Phi) is 3.31. The number of aryl methyl sites for hydroxylation is 1. The molecule has 13 heavy (non-hydrogen) atoms. The summed E-state index contributed by atoms with van der Waals surface area (Å²) >= 11 is 0. The molecule has 70 valence electrons. The van der Waals surface area contributed by atoms with Crippen LogP contribution in [-0.2, 0) is 11.2 Å². The summed E-state index contributed by atoms with van der Waals surface area (Å²) < 4.78 is 5.13. The van der Waals surface area contributed by atoms with Crippen molar-refractivity contribution in [2.45, 2.75) is 12.8 Å². The van der Waals surface area contributed by atoms with Crippen LogP contribution in [-0.4, -0.2) is 13.0 Å². The third-order valence-corrected chi connectivity index (χ3v) is 1.83. The maximum absolute atomic E-state index is 10.6. The van der Waals surface area contributed by atoms with Gasteiger partial charge in [0.15, 0.2) is 0 Å². The molecule has 1 aromatic carbocycles. The zero-order valence-electron chi connectivity index (χ0n) is 7.62. The summed E-state index contributed by atoms with van der Waals surface area (Å²) in [5.74, 6) is 0.523. The highest BCUT2D eigenvalue weighted by Crippen LogP contribution is 2.18. The average Bonchev–Trinajstić information content (AvgIpc) is 2.15. The van der Waals surface area contributed by atoms with Crippen molar-refractivity contribution >= 4 is 5.91 Å². The highest BCUT2D eigenvalue weighted by atomic mass is 16.5. The van der Waals surface area contributed by atoms with E-state index >= 15 is 0 Å². The van der Waals surface area contributed by atoms with Crippen molar-refractivity contribution in [3.8, 4) is 5.75 Å². The first-order valence-electron chi connectivity index (χ1n) is 4.14. The second-order valence-electron chi connectivity index (χ2n) is 2.78. The topological polar surface area (TPSA) is 52.3 Å². The summed E-state index contributed by atoms with van der Waals surface area (Å²) in [6.07, 6.45) is 1.000. The number of primary amides is 1. The number of methoxy groups -OCH3 is 1. The van der Waals surface area contributed by atoms with Crippen molar-refractivity contribution < 1.29 is 9.53 Å². The highest BCUT2D eigenvalue weighted by Gasteiger charge is 2.02. The lowest BCUT2D eigenvalue weighted by molar-refractivity contribution is -0.117. The Morgan fingerprint density at radius 1 is 1.46 bits per heavy atom. The van der Waals surface area contributed by atoms with E-state index in [2.05, 4.69) is 0 Å². The van der Waals surface area contributed by atoms with Gasteiger partial charge in [0, 0.05) is 6.42 Å². The fraction of sp³-hybridized carbons (Fsp3) is 0.300. The molecule has 0 aliphatic carbocycles. The summed E-state index contributed by atoms with van der Waals surface area (Å²) in [5, 5.41) is 0. The van der Waals surface area contributed by atoms with Crippen molar-refractivity contribution in [3.05, 3.63) is 29.8 Å². The minimum atomic E-state index is -0.286. The van der Waals surface area contributed by atoms with Crippen LogP contribution in [0, 0.1) is 0 Å². The molecule has 0 spiro atoms. The molecule has 0 aliphatic heterocycles. The van der Waals surface area contributed by atoms with Crippen LogP contribution in [0.25, 0.3) is 0 Å². The Bertz CT molecular complexity index is 297. The van der Waals surface area contributed by atoms with Crippen LogP contribution in [0.5, 0.6) is 5.75 Å². The third-order valence-electron chi connectivity index (χ3n) is 1.83. The van der Waals surface area contributed by atoms with Crippen LogP contribution in [0.3, 0.4) is 0 Å². The molecule has 1 amide bonds. The Hall–Kier alpha value is -1.51. The molecule has 3 heteroatoms. The maximum Gasteiger partial charge on any atom is 0.217 e. The molecule has 0 heterocycles. The smallest absolute Gasteiger partial charge is 0.217 e. The number of amides is 1. The lowest BCUT2D eigenvalue weighted by Crippen LogP contribution is -2.11. The van der Waals surface area contributed by atoms with E-state index in [1.165, 1.54) is 0 Å². The minimum Gasteiger partial charge on any atom is -0.496 e. The average molecular weight is 179 g/mol. The largest absolute Gasteiger partial charge is 0.496 e. The standard InChI is InChI=1S/C10H13NO2/c1-13-9-5-3-2-4-8(9)6-7-10(11)12/h2-5H,6-7H2,1H3,(H2,11,12). The van der Waals surface area contributed by atoms with Crippen molar-refractivity contribution in [3.63, 3.8) is 0 Å². The van der Waals surface area contributed by atoms with Gasteiger partial charge in [-0.2, -0.15) is 0 Å². The fourth-order valence-electron chi connectivity index (χ4n) is 1.17. The first kappa shape index (κ1) is 9.58. The second-order valence-corrected chi connectivity index (χ2v) is 2.78. The number of hydrogen-bond acceptors (Lipinski definition) is 2. The van der Waals surface area contributed by atoms with E-state index < -0.39 is 0 Å². The summed E-state index contributed by atoms with van der Waals surface area (Å²) in [7, 11) is 1.61. The molecular weight excluding hydrogens is 166 g/mol. The fourth-order valence-corrected chi connectivity index (χ4v) is 1.17. The van der Waals surface area contributed by atoms with Crippen LogP contribution < -0.4 is 10.5 Å². The lowest BCUT2D eigenvalue weighted by atomic mass is 10.1. The van der Waals surface area contributed by atoms with E-state index in [1.54, 1.807) is 7.11 Å². The van der Waals surface area contributed by atoms with Gasteiger partial charge in [0.25, 0.3) is 0 Å². The summed E-state index contributed by atoms with van der Waals surface area (Å²) in [6, 6.07) is 7.61. The Morgan fingerprint density at radius 3 is 2.77 bits per heavy atom. The molecule has 0 aromatic heterocycles. The molecule has 0 saturated carbocycles. The maximum atomic E-state index is 10.6. The number of carbonyl (C=O) groups is 1. The second kappa shape index (κ2) is 4.50. The number of rotatable bonds is 4. The predicted molar refractivity (Wildman–Crippen MR) is 50.5 cm³/mol. The van der Waals surface area contributed by atoms with E-state index in [-0.39, 0.29) is 5.91 Å². The van der Waals surface area contributed by atoms with Crippen LogP contribution in [0.15, 0.2) is 24.3 Å². The molecule has 0 atom stereocenters. The highest BCUT2D eigenvalue weighted by molar-refractivity contribution is 5.74. The Morgan fingerprint density at radius 2 is 2.15 bits per heavy atom. The van der Waals surface area contributed by atoms with Gasteiger partial charge in [-0.25, -0.2) is 0 Å². The quantitative estimate of drug-likeness (QED) is 0.752. The SMILES string of the molecule is COc1ccccc1CCC(N)=O. The molecule has 0 saturated heterocycles. The van der Waals surface area contributed by atoms with Crippen molar-refractivity contribution in [2.75, 3.05) is 7.11 Å². The molecule has 0 unspecified atom stereocenters. The molecule has 0 fully saturated rings. The number of ether oxygens (including phenoxy) is 1. The van der Waals surface area contributed by atoms with Gasteiger partial charge < -0.3 is 10.5 Å². The molecule has 2 N–H and O–H groups in total. The molecular formula is C10H13NO2. The number of carbonyl (C=O) groups excluding carboxylic acids is 1. The summed E-state index contributed by atoms with van der Waals surface area (Å²) in [5.41, 5.74) is 6.07. The number of benzene rings is 1. The van der Waals surface area contributed by atoms with Gasteiger partial charge in [0.1, 0.15) is 5.75 Å². The van der Waals surface area contributed by atoms with Gasteiger partial charge in [0.2, 0.25) is 5.91 Å². The monoisotopic (exact) mass is 179 g/mol. The van der Waals surface area contributed by atoms with E-state index in [4.69, 9.17) is 10.5 Å². The minimum absolute atomic E-state index is 0.286. The van der Waals surface area contributed by atoms with E-state index in [1.807, 2.05) is 24.3 Å². The number of hydrogen-bond donors (Lipinski definition) is 1. The van der Waals surface area contributed by atoms with Gasteiger partial charge in [-0.1, -0.05) is 18.2 Å². The lowest BCUT2D eigenvalue weighted by Gasteiger charge is -2.06. The van der Waals surface area contributed by atoms with Crippen LogP contribution in [0.2, 0.25) is 0 Å². The van der Waals surface area contributed by atoms with Gasteiger partial charge in [-0.05, 0) is 18.1 Å². The van der Waals surface area contributed by atoms with E-state index in [9.17, 15) is 4.79 Å². The predicted octanol–water partition coefficient (Wildman–Crippen LogP) is 1.11. The van der Waals surface area contributed by atoms with Crippen molar-refractivity contribution in [1.82, 2.24) is 0 Å². The van der Waals surface area contributed by atoms with Crippen molar-refractivity contribution in [1.29, 1.82) is 0 Å². The zero-order valence-corrected chi connectivity index (χ0v) is 7.62. The van der Waals surface area contributed by atoms with Crippen molar-refractivity contribution in [2.24, 2.45) is 5.73 Å². The third kappa shape index (κ3) is 2.78. The first-order valence-corrected chi connectivity index (χ1v) is 4.14. The molecule has 0 radical (unpaired) electrons. The van der Waals surface area contributed by atoms with Crippen LogP contribution in [0.4, 0.5) is 0 Å². The van der Waals surface area contributed by atoms with Crippen LogP contribution in [0.1, 0.15) is 12.0 Å². The van der Waals surface area contributed by atoms with Crippen LogP contribution >= 0.6 is 0 Å². The number of nitrogens with two attached hydrogens (primary N) is 1. The number of para-hydroxylation sites is 1. The molecule has 0 aliphatic rings. The Balaban J connectivity index is 2.69. The van der Waals surface area contributed by atoms with Gasteiger partial charge in [0.05, 0.1) is 7.11 Å². The molecule has 3 nitrogen and oxygen atoms in total. The summed E-state index contributed by atoms with van der Waals surface area (Å²) in [6.45, 7) is 0. The molecule has 1 rings (SSSR count). The Labute approximate surface area is 77.5 Å². The normalized spacial score (nSPS) is 9.62. The van der Waals surface area contributed by atoms with E-state index in [0.717, 1.165) is 11.3 Å². The zero-order chi connectivity index (χ0) is 9.68. The molecule has 0 bridgehead atoms. The van der Waals surface area contributed by atoms with Gasteiger partial charge >= 0.3 is 0 Å². The van der Waals surface area contributed by atoms with E-state index in [0.29, 0.717) is 12.8 Å². The summed E-state index contributed by atoms with van der Waals surface area (Å²) in [4.78, 5) is 10.6. The first-order chi connectivity index (χ1) is 6.24. The van der Waals surface area contributed by atoms with Gasteiger partial charge in [-0.3, -0.25) is 4.79 Å². The molecule has 1 aromatic rings. The van der Waals surface area contributed by atoms with Gasteiger partial charge in [-0.15, -0.1) is 0 Å².